The van der Waals surface area contributed by atoms with E-state index < -0.39 is 5.82 Å². The van der Waals surface area contributed by atoms with Gasteiger partial charge in [-0.1, -0.05) is 28.9 Å². The smallest absolute Gasteiger partial charge is 0.261 e. The second kappa shape index (κ2) is 5.98. The topological polar surface area (TPSA) is 61.0 Å². The third kappa shape index (κ3) is 2.71. The number of aryl methyl sites for hydroxylation is 1. The van der Waals surface area contributed by atoms with Gasteiger partial charge < -0.3 is 9.26 Å². The van der Waals surface area contributed by atoms with E-state index in [4.69, 9.17) is 9.26 Å². The average molecular weight is 335 g/mol. The molecule has 0 aliphatic heterocycles. The highest BCUT2D eigenvalue weighted by Crippen LogP contribution is 2.32. The van der Waals surface area contributed by atoms with Crippen molar-refractivity contribution in [1.82, 2.24) is 15.1 Å². The van der Waals surface area contributed by atoms with Crippen molar-refractivity contribution >= 4 is 10.9 Å². The van der Waals surface area contributed by atoms with Crippen LogP contribution in [-0.2, 0) is 0 Å². The Morgan fingerprint density at radius 3 is 2.64 bits per heavy atom. The molecule has 25 heavy (non-hydrogen) atoms. The predicted molar refractivity (Wildman–Crippen MR) is 91.7 cm³/mol. The van der Waals surface area contributed by atoms with Crippen LogP contribution in [0, 0.1) is 12.7 Å². The summed E-state index contributed by atoms with van der Waals surface area (Å²) in [5.41, 5.74) is 2.77. The molecular weight excluding hydrogens is 321 g/mol. The number of methoxy groups -OCH3 is 1. The molecule has 0 aliphatic carbocycles. The zero-order valence-corrected chi connectivity index (χ0v) is 13.7. The minimum absolute atomic E-state index is 0.111. The fourth-order valence-corrected chi connectivity index (χ4v) is 2.67. The van der Waals surface area contributed by atoms with E-state index in [0.29, 0.717) is 17.3 Å². The fraction of sp³-hybridized carbons (Fsp3) is 0.105. The predicted octanol–water partition coefficient (Wildman–Crippen LogP) is 4.41. The van der Waals surface area contributed by atoms with Crippen molar-refractivity contribution in [3.63, 3.8) is 0 Å². The van der Waals surface area contributed by atoms with E-state index in [-0.39, 0.29) is 11.5 Å². The first kappa shape index (κ1) is 15.3. The van der Waals surface area contributed by atoms with Crippen molar-refractivity contribution in [3.05, 3.63) is 59.9 Å². The molecule has 0 radical (unpaired) electrons. The van der Waals surface area contributed by atoms with Gasteiger partial charge in [-0.3, -0.25) is 0 Å². The van der Waals surface area contributed by atoms with E-state index in [0.717, 1.165) is 16.5 Å². The summed E-state index contributed by atoms with van der Waals surface area (Å²) in [6, 6.07) is 14.1. The van der Waals surface area contributed by atoms with Crippen LogP contribution in [-0.4, -0.2) is 22.2 Å². The molecule has 0 aliphatic rings. The van der Waals surface area contributed by atoms with Crippen molar-refractivity contribution in [2.45, 2.75) is 6.92 Å². The van der Waals surface area contributed by atoms with Crippen molar-refractivity contribution < 1.29 is 13.7 Å². The number of hydrogen-bond acceptors (Lipinski definition) is 5. The van der Waals surface area contributed by atoms with Gasteiger partial charge in [0, 0.05) is 5.39 Å². The summed E-state index contributed by atoms with van der Waals surface area (Å²) in [7, 11) is 1.53. The molecule has 0 N–H and O–H groups in total. The largest absolute Gasteiger partial charge is 0.480 e. The molecule has 0 bridgehead atoms. The monoisotopic (exact) mass is 335 g/mol. The first-order valence-corrected chi connectivity index (χ1v) is 7.70. The maximum Gasteiger partial charge on any atom is 0.261 e. The lowest BCUT2D eigenvalue weighted by Gasteiger charge is -2.07. The standard InChI is InChI=1S/C19H14FN3O2/c1-11-7-8-16-12(9-11)10-14(18(21-16)24-2)17-22-19(25-23-17)13-5-3-4-6-15(13)20/h3-10H,1-2H3. The summed E-state index contributed by atoms with van der Waals surface area (Å²) in [5, 5.41) is 4.91. The lowest BCUT2D eigenvalue weighted by Crippen LogP contribution is -1.94. The number of nitrogens with zero attached hydrogens (tertiary/aromatic N) is 3. The zero-order chi connectivity index (χ0) is 17.4. The van der Waals surface area contributed by atoms with Crippen LogP contribution in [0.3, 0.4) is 0 Å². The number of fused-ring (bicyclic) bond motifs is 1. The number of halogens is 1. The second-order valence-corrected chi connectivity index (χ2v) is 5.64. The van der Waals surface area contributed by atoms with Crippen LogP contribution in [0.4, 0.5) is 4.39 Å². The molecule has 0 fully saturated rings. The van der Waals surface area contributed by atoms with Crippen LogP contribution in [0.25, 0.3) is 33.7 Å². The summed E-state index contributed by atoms with van der Waals surface area (Å²) in [6.07, 6.45) is 0. The number of benzene rings is 2. The Labute approximate surface area is 143 Å². The van der Waals surface area contributed by atoms with Gasteiger partial charge in [0.15, 0.2) is 0 Å². The highest BCUT2D eigenvalue weighted by Gasteiger charge is 2.18. The van der Waals surface area contributed by atoms with Crippen LogP contribution in [0.2, 0.25) is 0 Å². The van der Waals surface area contributed by atoms with Crippen LogP contribution >= 0.6 is 0 Å². The minimum Gasteiger partial charge on any atom is -0.480 e. The van der Waals surface area contributed by atoms with Crippen molar-refractivity contribution in [2.24, 2.45) is 0 Å². The fourth-order valence-electron chi connectivity index (χ4n) is 2.67. The van der Waals surface area contributed by atoms with E-state index in [2.05, 4.69) is 15.1 Å². The van der Waals surface area contributed by atoms with Crippen molar-refractivity contribution in [2.75, 3.05) is 7.11 Å². The number of rotatable bonds is 3. The summed E-state index contributed by atoms with van der Waals surface area (Å²) in [4.78, 5) is 8.80. The van der Waals surface area contributed by atoms with Crippen LogP contribution in [0.1, 0.15) is 5.56 Å². The quantitative estimate of drug-likeness (QED) is 0.555. The van der Waals surface area contributed by atoms with Gasteiger partial charge in [0.2, 0.25) is 11.7 Å². The Kier molecular flexibility index (Phi) is 3.65. The van der Waals surface area contributed by atoms with E-state index in [1.165, 1.54) is 13.2 Å². The van der Waals surface area contributed by atoms with Crippen LogP contribution < -0.4 is 4.74 Å². The SMILES string of the molecule is COc1nc2ccc(C)cc2cc1-c1noc(-c2ccccc2F)n1. The van der Waals surface area contributed by atoms with Gasteiger partial charge >= 0.3 is 0 Å². The maximum atomic E-state index is 13.9. The third-order valence-electron chi connectivity index (χ3n) is 3.90. The van der Waals surface area contributed by atoms with E-state index in [9.17, 15) is 4.39 Å². The molecular formula is C19H14FN3O2. The average Bonchev–Trinajstić information content (AvgIpc) is 3.10. The summed E-state index contributed by atoms with van der Waals surface area (Å²) in [5.74, 6) is 0.375. The number of pyridine rings is 1. The maximum absolute atomic E-state index is 13.9. The number of ether oxygens (including phenoxy) is 1. The second-order valence-electron chi connectivity index (χ2n) is 5.64. The van der Waals surface area contributed by atoms with Crippen LogP contribution in [0.15, 0.2) is 53.1 Å². The minimum atomic E-state index is -0.420. The number of hydrogen-bond donors (Lipinski definition) is 0. The molecule has 0 spiro atoms. The van der Waals surface area contributed by atoms with Gasteiger partial charge in [0.1, 0.15) is 5.82 Å². The Balaban J connectivity index is 1.86. The van der Waals surface area contributed by atoms with Gasteiger partial charge in [0.05, 0.1) is 23.8 Å². The van der Waals surface area contributed by atoms with Gasteiger partial charge in [-0.05, 0) is 37.3 Å². The Morgan fingerprint density at radius 1 is 1.00 bits per heavy atom. The van der Waals surface area contributed by atoms with E-state index in [1.54, 1.807) is 18.2 Å². The van der Waals surface area contributed by atoms with E-state index in [1.807, 2.05) is 31.2 Å². The molecule has 2 heterocycles. The van der Waals surface area contributed by atoms with Crippen molar-refractivity contribution in [1.29, 1.82) is 0 Å². The molecule has 2 aromatic heterocycles. The van der Waals surface area contributed by atoms with Crippen LogP contribution in [0.5, 0.6) is 5.88 Å². The molecule has 6 heteroatoms. The van der Waals surface area contributed by atoms with E-state index >= 15 is 0 Å². The summed E-state index contributed by atoms with van der Waals surface area (Å²) >= 11 is 0. The highest BCUT2D eigenvalue weighted by atomic mass is 19.1. The Bertz CT molecular complexity index is 1080. The molecule has 4 rings (SSSR count). The first-order chi connectivity index (χ1) is 12.2. The van der Waals surface area contributed by atoms with Gasteiger partial charge in [-0.15, -0.1) is 0 Å². The molecule has 0 atom stereocenters. The molecule has 124 valence electrons. The van der Waals surface area contributed by atoms with Gasteiger partial charge in [0.25, 0.3) is 5.89 Å². The Hall–Kier alpha value is -3.28. The normalized spacial score (nSPS) is 11.0. The van der Waals surface area contributed by atoms with Gasteiger partial charge in [-0.25, -0.2) is 9.37 Å². The van der Waals surface area contributed by atoms with Gasteiger partial charge in [-0.2, -0.15) is 4.98 Å². The third-order valence-corrected chi connectivity index (χ3v) is 3.90. The molecule has 5 nitrogen and oxygen atoms in total. The zero-order valence-electron chi connectivity index (χ0n) is 13.7. The lowest BCUT2D eigenvalue weighted by atomic mass is 10.1. The first-order valence-electron chi connectivity index (χ1n) is 7.70. The lowest BCUT2D eigenvalue weighted by molar-refractivity contribution is 0.399. The molecule has 4 aromatic rings. The number of aromatic nitrogens is 3. The van der Waals surface area contributed by atoms with Crippen molar-refractivity contribution in [3.8, 4) is 28.7 Å². The Morgan fingerprint density at radius 2 is 1.84 bits per heavy atom. The molecule has 0 unspecified atom stereocenters. The molecule has 0 amide bonds. The molecule has 0 saturated heterocycles. The molecule has 2 aromatic carbocycles. The highest BCUT2D eigenvalue weighted by molar-refractivity contribution is 5.85. The molecule has 0 saturated carbocycles. The summed E-state index contributed by atoms with van der Waals surface area (Å²) < 4.78 is 24.5. The summed E-state index contributed by atoms with van der Waals surface area (Å²) in [6.45, 7) is 2.01.